The van der Waals surface area contributed by atoms with Gasteiger partial charge in [-0.1, -0.05) is 36.8 Å². The van der Waals surface area contributed by atoms with Crippen molar-refractivity contribution in [1.82, 2.24) is 10.2 Å². The highest BCUT2D eigenvalue weighted by atomic mass is 16.5. The maximum atomic E-state index is 12.2. The molecule has 1 aromatic rings. The van der Waals surface area contributed by atoms with Crippen LogP contribution in [0.3, 0.4) is 0 Å². The molecule has 1 saturated heterocycles. The van der Waals surface area contributed by atoms with Crippen molar-refractivity contribution in [3.8, 4) is 0 Å². The highest BCUT2D eigenvalue weighted by molar-refractivity contribution is 5.78. The van der Waals surface area contributed by atoms with Gasteiger partial charge in [0, 0.05) is 19.2 Å². The lowest BCUT2D eigenvalue weighted by Gasteiger charge is -2.35. The average Bonchev–Trinajstić information content (AvgIpc) is 2.57. The number of carbonyl (C=O) groups excluding carboxylic acids is 1. The van der Waals surface area contributed by atoms with Gasteiger partial charge in [0.25, 0.3) is 0 Å². The van der Waals surface area contributed by atoms with Gasteiger partial charge in [-0.05, 0) is 51.6 Å². The van der Waals surface area contributed by atoms with Gasteiger partial charge >= 0.3 is 0 Å². The standard InChI is InChI=1S/C20H32N2O2/c1-17(2)24-14-8-12-21-20(23)16-22-13-7-6-11-19(22)15-18-9-4-3-5-10-18/h3-5,9-10,17,19H,6-8,11-16H2,1-2H3,(H,21,23). The molecule has 1 aliphatic rings. The van der Waals surface area contributed by atoms with E-state index in [2.05, 4.69) is 40.5 Å². The number of rotatable bonds is 9. The van der Waals surface area contributed by atoms with E-state index in [1.807, 2.05) is 13.8 Å². The van der Waals surface area contributed by atoms with Crippen molar-refractivity contribution in [2.24, 2.45) is 0 Å². The molecule has 0 spiro atoms. The number of benzene rings is 1. The maximum absolute atomic E-state index is 12.2. The Labute approximate surface area is 146 Å². The summed E-state index contributed by atoms with van der Waals surface area (Å²) < 4.78 is 5.50. The fourth-order valence-corrected chi connectivity index (χ4v) is 3.24. The molecule has 24 heavy (non-hydrogen) atoms. The molecule has 0 aromatic heterocycles. The minimum atomic E-state index is 0.138. The van der Waals surface area contributed by atoms with Gasteiger partial charge in [-0.25, -0.2) is 0 Å². The zero-order valence-electron chi connectivity index (χ0n) is 15.2. The SMILES string of the molecule is CC(C)OCCCNC(=O)CN1CCCCC1Cc1ccccc1. The zero-order valence-corrected chi connectivity index (χ0v) is 15.2. The summed E-state index contributed by atoms with van der Waals surface area (Å²) >= 11 is 0. The molecule has 134 valence electrons. The van der Waals surface area contributed by atoms with Crippen LogP contribution in [0.4, 0.5) is 0 Å². The van der Waals surface area contributed by atoms with Crippen LogP contribution in [-0.4, -0.2) is 49.2 Å². The first kappa shape index (κ1) is 18.9. The Bertz CT molecular complexity index is 476. The quantitative estimate of drug-likeness (QED) is 0.707. The molecule has 4 nitrogen and oxygen atoms in total. The average molecular weight is 332 g/mol. The summed E-state index contributed by atoms with van der Waals surface area (Å²) in [4.78, 5) is 14.6. The second kappa shape index (κ2) is 10.5. The van der Waals surface area contributed by atoms with E-state index < -0.39 is 0 Å². The van der Waals surface area contributed by atoms with E-state index in [4.69, 9.17) is 4.74 Å². The van der Waals surface area contributed by atoms with Crippen molar-refractivity contribution in [2.75, 3.05) is 26.2 Å². The number of nitrogens with one attached hydrogen (secondary N) is 1. The second-order valence-corrected chi connectivity index (χ2v) is 6.93. The molecule has 0 saturated carbocycles. The lowest BCUT2D eigenvalue weighted by Crippen LogP contribution is -2.46. The number of ether oxygens (including phenoxy) is 1. The van der Waals surface area contributed by atoms with Crippen molar-refractivity contribution in [3.05, 3.63) is 35.9 Å². The van der Waals surface area contributed by atoms with Crippen molar-refractivity contribution in [1.29, 1.82) is 0 Å². The van der Waals surface area contributed by atoms with E-state index in [0.29, 0.717) is 25.7 Å². The third-order valence-electron chi connectivity index (χ3n) is 4.50. The van der Waals surface area contributed by atoms with Gasteiger partial charge in [0.05, 0.1) is 12.6 Å². The van der Waals surface area contributed by atoms with Crippen LogP contribution in [0.1, 0.15) is 45.1 Å². The number of hydrogen-bond acceptors (Lipinski definition) is 3. The van der Waals surface area contributed by atoms with Crippen LogP contribution in [0.5, 0.6) is 0 Å². The molecular formula is C20H32N2O2. The first-order valence-corrected chi connectivity index (χ1v) is 9.31. The van der Waals surface area contributed by atoms with Gasteiger partial charge in [0.2, 0.25) is 5.91 Å². The van der Waals surface area contributed by atoms with Gasteiger partial charge in [0.1, 0.15) is 0 Å². The summed E-state index contributed by atoms with van der Waals surface area (Å²) in [6.45, 7) is 7.01. The van der Waals surface area contributed by atoms with Gasteiger partial charge < -0.3 is 10.1 Å². The topological polar surface area (TPSA) is 41.6 Å². The Balaban J connectivity index is 1.73. The number of hydrogen-bond donors (Lipinski definition) is 1. The van der Waals surface area contributed by atoms with E-state index in [1.165, 1.54) is 24.8 Å². The summed E-state index contributed by atoms with van der Waals surface area (Å²) in [7, 11) is 0. The molecule has 1 heterocycles. The van der Waals surface area contributed by atoms with Gasteiger partial charge in [-0.15, -0.1) is 0 Å². The molecule has 1 unspecified atom stereocenters. The van der Waals surface area contributed by atoms with Crippen molar-refractivity contribution in [2.45, 2.75) is 58.1 Å². The Kier molecular flexibility index (Phi) is 8.26. The van der Waals surface area contributed by atoms with Gasteiger partial charge in [0.15, 0.2) is 0 Å². The van der Waals surface area contributed by atoms with Gasteiger partial charge in [-0.2, -0.15) is 0 Å². The minimum absolute atomic E-state index is 0.138. The maximum Gasteiger partial charge on any atom is 0.234 e. The Morgan fingerprint density at radius 2 is 2.08 bits per heavy atom. The Hall–Kier alpha value is -1.39. The van der Waals surface area contributed by atoms with Crippen molar-refractivity contribution < 1.29 is 9.53 Å². The van der Waals surface area contributed by atoms with Crippen LogP contribution in [0, 0.1) is 0 Å². The molecule has 1 fully saturated rings. The predicted octanol–water partition coefficient (Wildman–Crippen LogP) is 3.01. The molecule has 1 amide bonds. The highest BCUT2D eigenvalue weighted by Crippen LogP contribution is 2.20. The summed E-state index contributed by atoms with van der Waals surface area (Å²) in [5, 5.41) is 3.03. The number of piperidine rings is 1. The molecule has 2 rings (SSSR count). The van der Waals surface area contributed by atoms with E-state index in [0.717, 1.165) is 19.4 Å². The minimum Gasteiger partial charge on any atom is -0.379 e. The first-order valence-electron chi connectivity index (χ1n) is 9.31. The number of likely N-dealkylation sites (tertiary alicyclic amines) is 1. The zero-order chi connectivity index (χ0) is 17.2. The fourth-order valence-electron chi connectivity index (χ4n) is 3.24. The molecule has 1 atom stereocenters. The first-order chi connectivity index (χ1) is 11.6. The molecular weight excluding hydrogens is 300 g/mol. The van der Waals surface area contributed by atoms with Crippen LogP contribution >= 0.6 is 0 Å². The largest absolute Gasteiger partial charge is 0.379 e. The van der Waals surface area contributed by atoms with E-state index >= 15 is 0 Å². The lowest BCUT2D eigenvalue weighted by molar-refractivity contribution is -0.123. The molecule has 1 N–H and O–H groups in total. The molecule has 0 aliphatic carbocycles. The fraction of sp³-hybridized carbons (Fsp3) is 0.650. The Morgan fingerprint density at radius 3 is 2.83 bits per heavy atom. The van der Waals surface area contributed by atoms with E-state index in [1.54, 1.807) is 0 Å². The van der Waals surface area contributed by atoms with Crippen LogP contribution < -0.4 is 5.32 Å². The molecule has 0 bridgehead atoms. The van der Waals surface area contributed by atoms with E-state index in [9.17, 15) is 4.79 Å². The van der Waals surface area contributed by atoms with Crippen molar-refractivity contribution in [3.63, 3.8) is 0 Å². The normalized spacial score (nSPS) is 18.7. The second-order valence-electron chi connectivity index (χ2n) is 6.93. The highest BCUT2D eigenvalue weighted by Gasteiger charge is 2.24. The summed E-state index contributed by atoms with van der Waals surface area (Å²) in [5.74, 6) is 0.138. The third-order valence-corrected chi connectivity index (χ3v) is 4.50. The lowest BCUT2D eigenvalue weighted by atomic mass is 9.95. The molecule has 4 heteroatoms. The van der Waals surface area contributed by atoms with E-state index in [-0.39, 0.29) is 12.0 Å². The summed E-state index contributed by atoms with van der Waals surface area (Å²) in [5.41, 5.74) is 1.36. The number of carbonyl (C=O) groups is 1. The monoisotopic (exact) mass is 332 g/mol. The van der Waals surface area contributed by atoms with Crippen molar-refractivity contribution >= 4 is 5.91 Å². The predicted molar refractivity (Wildman–Crippen MR) is 98.1 cm³/mol. The third kappa shape index (κ3) is 7.02. The number of nitrogens with zero attached hydrogens (tertiary/aromatic N) is 1. The van der Waals surface area contributed by atoms with Crippen LogP contribution in [0.15, 0.2) is 30.3 Å². The number of amides is 1. The van der Waals surface area contributed by atoms with Crippen LogP contribution in [-0.2, 0) is 16.0 Å². The van der Waals surface area contributed by atoms with Crippen LogP contribution in [0.25, 0.3) is 0 Å². The molecule has 0 radical (unpaired) electrons. The van der Waals surface area contributed by atoms with Gasteiger partial charge in [-0.3, -0.25) is 9.69 Å². The Morgan fingerprint density at radius 1 is 1.29 bits per heavy atom. The smallest absolute Gasteiger partial charge is 0.234 e. The summed E-state index contributed by atoms with van der Waals surface area (Å²) in [6, 6.07) is 11.1. The molecule has 1 aliphatic heterocycles. The van der Waals surface area contributed by atoms with Crippen LogP contribution in [0.2, 0.25) is 0 Å². The molecule has 1 aromatic carbocycles. The summed E-state index contributed by atoms with van der Waals surface area (Å²) in [6.07, 6.45) is 5.81.